The maximum absolute atomic E-state index is 12.4. The Labute approximate surface area is 124 Å². The Bertz CT molecular complexity index is 601. The summed E-state index contributed by atoms with van der Waals surface area (Å²) >= 11 is 0. The van der Waals surface area contributed by atoms with Crippen molar-refractivity contribution in [1.82, 2.24) is 4.72 Å². The van der Waals surface area contributed by atoms with Crippen molar-refractivity contribution in [3.05, 3.63) is 23.8 Å². The van der Waals surface area contributed by atoms with Gasteiger partial charge in [-0.3, -0.25) is 0 Å². The molecular weight excluding hydrogens is 296 g/mol. The van der Waals surface area contributed by atoms with Gasteiger partial charge in [0.2, 0.25) is 10.0 Å². The van der Waals surface area contributed by atoms with Crippen LogP contribution in [0, 0.1) is 0 Å². The van der Waals surface area contributed by atoms with Crippen LogP contribution in [0.25, 0.3) is 0 Å². The second-order valence-corrected chi connectivity index (χ2v) is 6.21. The van der Waals surface area contributed by atoms with Crippen molar-refractivity contribution in [3.63, 3.8) is 0 Å². The SMILES string of the molecule is CCNc1ccc(C(=O)O)cc1S(=O)(=O)NC(C)COC. The third-order valence-corrected chi connectivity index (χ3v) is 4.29. The Hall–Kier alpha value is -1.64. The molecule has 0 fully saturated rings. The van der Waals surface area contributed by atoms with Gasteiger partial charge in [0.25, 0.3) is 0 Å². The van der Waals surface area contributed by atoms with Crippen molar-refractivity contribution in [2.45, 2.75) is 24.8 Å². The minimum atomic E-state index is -3.85. The Morgan fingerprint density at radius 3 is 2.62 bits per heavy atom. The number of aromatic carboxylic acids is 1. The highest BCUT2D eigenvalue weighted by molar-refractivity contribution is 7.89. The molecule has 0 aliphatic heterocycles. The molecule has 3 N–H and O–H groups in total. The van der Waals surface area contributed by atoms with Crippen molar-refractivity contribution < 1.29 is 23.1 Å². The predicted molar refractivity (Wildman–Crippen MR) is 79.2 cm³/mol. The van der Waals surface area contributed by atoms with E-state index in [1.807, 2.05) is 6.92 Å². The van der Waals surface area contributed by atoms with Crippen molar-refractivity contribution >= 4 is 21.7 Å². The lowest BCUT2D eigenvalue weighted by atomic mass is 10.2. The summed E-state index contributed by atoms with van der Waals surface area (Å²) in [5, 5.41) is 11.9. The summed E-state index contributed by atoms with van der Waals surface area (Å²) in [5.74, 6) is -1.18. The normalized spacial score (nSPS) is 12.9. The molecule has 7 nitrogen and oxygen atoms in total. The summed E-state index contributed by atoms with van der Waals surface area (Å²) in [7, 11) is -2.37. The highest BCUT2D eigenvalue weighted by Gasteiger charge is 2.22. The molecular formula is C13H20N2O5S. The number of carboxylic acids is 1. The molecule has 1 rings (SSSR count). The number of anilines is 1. The summed E-state index contributed by atoms with van der Waals surface area (Å²) in [6.07, 6.45) is 0. The Morgan fingerprint density at radius 2 is 2.10 bits per heavy atom. The quantitative estimate of drug-likeness (QED) is 0.664. The van der Waals surface area contributed by atoms with Crippen LogP contribution in [0.2, 0.25) is 0 Å². The molecule has 1 atom stereocenters. The summed E-state index contributed by atoms with van der Waals surface area (Å²) in [6.45, 7) is 4.22. The van der Waals surface area contributed by atoms with E-state index >= 15 is 0 Å². The standard InChI is InChI=1S/C13H20N2O5S/c1-4-14-11-6-5-10(13(16)17)7-12(11)21(18,19)15-9(2)8-20-3/h5-7,9,14-15H,4,8H2,1-3H3,(H,16,17). The Kier molecular flexibility index (Phi) is 6.13. The van der Waals surface area contributed by atoms with Crippen LogP contribution >= 0.6 is 0 Å². The van der Waals surface area contributed by atoms with E-state index in [1.165, 1.54) is 19.2 Å². The zero-order valence-corrected chi connectivity index (χ0v) is 13.0. The Morgan fingerprint density at radius 1 is 1.43 bits per heavy atom. The van der Waals surface area contributed by atoms with Gasteiger partial charge < -0.3 is 15.2 Å². The smallest absolute Gasteiger partial charge is 0.335 e. The van der Waals surface area contributed by atoms with Gasteiger partial charge in [0, 0.05) is 19.7 Å². The van der Waals surface area contributed by atoms with Crippen LogP contribution in [0.3, 0.4) is 0 Å². The van der Waals surface area contributed by atoms with E-state index in [0.717, 1.165) is 6.07 Å². The predicted octanol–water partition coefficient (Wildman–Crippen LogP) is 1.13. The summed E-state index contributed by atoms with van der Waals surface area (Å²) < 4.78 is 32.1. The number of sulfonamides is 1. The minimum absolute atomic E-state index is 0.0866. The molecule has 8 heteroatoms. The average Bonchev–Trinajstić information content (AvgIpc) is 2.38. The van der Waals surface area contributed by atoms with E-state index in [0.29, 0.717) is 12.2 Å². The molecule has 0 saturated heterocycles. The van der Waals surface area contributed by atoms with Gasteiger partial charge >= 0.3 is 5.97 Å². The Balaban J connectivity index is 3.23. The lowest BCUT2D eigenvalue weighted by molar-refractivity contribution is 0.0696. The van der Waals surface area contributed by atoms with Crippen LogP contribution in [-0.2, 0) is 14.8 Å². The summed E-state index contributed by atoms with van der Waals surface area (Å²) in [5.41, 5.74) is 0.274. The first kappa shape index (κ1) is 17.4. The zero-order chi connectivity index (χ0) is 16.0. The first-order valence-electron chi connectivity index (χ1n) is 6.44. The van der Waals surface area contributed by atoms with Crippen LogP contribution in [0.5, 0.6) is 0 Å². The van der Waals surface area contributed by atoms with E-state index in [4.69, 9.17) is 9.84 Å². The number of benzene rings is 1. The number of carbonyl (C=O) groups is 1. The van der Waals surface area contributed by atoms with Crippen LogP contribution < -0.4 is 10.0 Å². The molecule has 1 unspecified atom stereocenters. The number of rotatable bonds is 8. The molecule has 0 amide bonds. The third-order valence-electron chi connectivity index (χ3n) is 2.66. The molecule has 0 aromatic heterocycles. The first-order chi connectivity index (χ1) is 9.81. The molecule has 1 aromatic carbocycles. The maximum atomic E-state index is 12.4. The third kappa shape index (κ3) is 4.69. The number of nitrogens with one attached hydrogen (secondary N) is 2. The second kappa shape index (κ2) is 7.39. The monoisotopic (exact) mass is 316 g/mol. The number of hydrogen-bond donors (Lipinski definition) is 3. The molecule has 0 spiro atoms. The van der Waals surface area contributed by atoms with Gasteiger partial charge in [-0.2, -0.15) is 0 Å². The molecule has 1 aromatic rings. The second-order valence-electron chi connectivity index (χ2n) is 4.52. The van der Waals surface area contributed by atoms with Gasteiger partial charge in [0.05, 0.1) is 17.9 Å². The number of ether oxygens (including phenoxy) is 1. The van der Waals surface area contributed by atoms with Crippen molar-refractivity contribution in [2.75, 3.05) is 25.6 Å². The largest absolute Gasteiger partial charge is 0.478 e. The lowest BCUT2D eigenvalue weighted by Crippen LogP contribution is -2.36. The molecule has 0 saturated carbocycles. The minimum Gasteiger partial charge on any atom is -0.478 e. The van der Waals surface area contributed by atoms with Crippen molar-refractivity contribution in [3.8, 4) is 0 Å². The molecule has 21 heavy (non-hydrogen) atoms. The zero-order valence-electron chi connectivity index (χ0n) is 12.2. The summed E-state index contributed by atoms with van der Waals surface area (Å²) in [4.78, 5) is 10.9. The highest BCUT2D eigenvalue weighted by atomic mass is 32.2. The van der Waals surface area contributed by atoms with E-state index in [1.54, 1.807) is 6.92 Å². The van der Waals surface area contributed by atoms with E-state index in [2.05, 4.69) is 10.0 Å². The molecule has 0 radical (unpaired) electrons. The molecule has 118 valence electrons. The van der Waals surface area contributed by atoms with Gasteiger partial charge in [-0.15, -0.1) is 0 Å². The first-order valence-corrected chi connectivity index (χ1v) is 7.92. The van der Waals surface area contributed by atoms with E-state index < -0.39 is 22.0 Å². The van der Waals surface area contributed by atoms with Gasteiger partial charge in [-0.1, -0.05) is 0 Å². The van der Waals surface area contributed by atoms with E-state index in [9.17, 15) is 13.2 Å². The van der Waals surface area contributed by atoms with Crippen LogP contribution in [0.15, 0.2) is 23.1 Å². The topological polar surface area (TPSA) is 105 Å². The molecule has 0 bridgehead atoms. The highest BCUT2D eigenvalue weighted by Crippen LogP contribution is 2.23. The molecule has 0 aliphatic carbocycles. The number of carboxylic acid groups (broad SMARTS) is 1. The van der Waals surface area contributed by atoms with Crippen molar-refractivity contribution in [2.24, 2.45) is 0 Å². The lowest BCUT2D eigenvalue weighted by Gasteiger charge is -2.16. The average molecular weight is 316 g/mol. The van der Waals surface area contributed by atoms with Gasteiger partial charge in [-0.25, -0.2) is 17.9 Å². The summed E-state index contributed by atoms with van der Waals surface area (Å²) in [6, 6.07) is 3.52. The van der Waals surface area contributed by atoms with Gasteiger partial charge in [0.15, 0.2) is 0 Å². The fraction of sp³-hybridized carbons (Fsp3) is 0.462. The maximum Gasteiger partial charge on any atom is 0.335 e. The van der Waals surface area contributed by atoms with Crippen LogP contribution in [0.1, 0.15) is 24.2 Å². The number of methoxy groups -OCH3 is 1. The van der Waals surface area contributed by atoms with E-state index in [-0.39, 0.29) is 17.1 Å². The molecule has 0 aliphatic rings. The van der Waals surface area contributed by atoms with Gasteiger partial charge in [-0.05, 0) is 32.0 Å². The van der Waals surface area contributed by atoms with Gasteiger partial charge in [0.1, 0.15) is 4.90 Å². The van der Waals surface area contributed by atoms with Crippen LogP contribution in [0.4, 0.5) is 5.69 Å². The fourth-order valence-electron chi connectivity index (χ4n) is 1.83. The number of hydrogen-bond acceptors (Lipinski definition) is 5. The molecule has 0 heterocycles. The van der Waals surface area contributed by atoms with Crippen molar-refractivity contribution in [1.29, 1.82) is 0 Å². The fourth-order valence-corrected chi connectivity index (χ4v) is 3.26. The van der Waals surface area contributed by atoms with Crippen LogP contribution in [-0.4, -0.2) is 45.8 Å².